The average Bonchev–Trinajstić information content (AvgIpc) is 2.32. The van der Waals surface area contributed by atoms with Crippen LogP contribution in [0.15, 0.2) is 0 Å². The number of fused-ring (bicyclic) bond motifs is 2. The standard InChI is InChI=1S/C7H11N3O3/c8-6(11)5-2-1-4-3-9(5)7(12)10(4)13/h4-5,13H,1-3H2,(H2,8,11). The lowest BCUT2D eigenvalue weighted by Crippen LogP contribution is -2.47. The number of carbonyl (C=O) groups is 2. The SMILES string of the molecule is NC(=O)C1CCC2CN1C(=O)N2O. The Hall–Kier alpha value is -1.30. The summed E-state index contributed by atoms with van der Waals surface area (Å²) in [5.74, 6) is -0.498. The Labute approximate surface area is 74.8 Å². The van der Waals surface area contributed by atoms with Crippen LogP contribution in [0.2, 0.25) is 0 Å². The smallest absolute Gasteiger partial charge is 0.344 e. The lowest BCUT2D eigenvalue weighted by molar-refractivity contribution is -0.122. The molecule has 3 amide bonds. The molecule has 2 aliphatic heterocycles. The number of hydroxylamine groups is 2. The number of piperidine rings is 1. The Morgan fingerprint density at radius 1 is 1.54 bits per heavy atom. The summed E-state index contributed by atoms with van der Waals surface area (Å²) in [7, 11) is 0. The molecular weight excluding hydrogens is 174 g/mol. The molecular formula is C7H11N3O3. The minimum atomic E-state index is -0.541. The number of rotatable bonds is 1. The summed E-state index contributed by atoms with van der Waals surface area (Å²) in [4.78, 5) is 23.5. The van der Waals surface area contributed by atoms with Crippen molar-refractivity contribution < 1.29 is 14.8 Å². The number of hydrogen-bond donors (Lipinski definition) is 2. The quantitative estimate of drug-likeness (QED) is 0.520. The Balaban J connectivity index is 2.22. The predicted molar refractivity (Wildman–Crippen MR) is 41.7 cm³/mol. The number of nitrogens with two attached hydrogens (primary N) is 1. The summed E-state index contributed by atoms with van der Waals surface area (Å²) in [6.45, 7) is 0.406. The van der Waals surface area contributed by atoms with Gasteiger partial charge in [0.15, 0.2) is 0 Å². The Morgan fingerprint density at radius 2 is 2.23 bits per heavy atom. The van der Waals surface area contributed by atoms with Gasteiger partial charge in [-0.2, -0.15) is 0 Å². The molecule has 0 spiro atoms. The molecule has 0 saturated carbocycles. The summed E-state index contributed by atoms with van der Waals surface area (Å²) in [5.41, 5.74) is 5.13. The monoisotopic (exact) mass is 185 g/mol. The van der Waals surface area contributed by atoms with E-state index in [1.54, 1.807) is 0 Å². The van der Waals surface area contributed by atoms with Crippen molar-refractivity contribution in [1.82, 2.24) is 9.96 Å². The topological polar surface area (TPSA) is 86.9 Å². The second-order valence-electron chi connectivity index (χ2n) is 3.43. The first kappa shape index (κ1) is 8.31. The van der Waals surface area contributed by atoms with Crippen LogP contribution >= 0.6 is 0 Å². The third-order valence-corrected chi connectivity index (χ3v) is 2.67. The van der Waals surface area contributed by atoms with Crippen LogP contribution in [0.3, 0.4) is 0 Å². The van der Waals surface area contributed by atoms with E-state index in [-0.39, 0.29) is 6.04 Å². The van der Waals surface area contributed by atoms with Crippen LogP contribution in [0.25, 0.3) is 0 Å². The fourth-order valence-electron chi connectivity index (χ4n) is 1.95. The van der Waals surface area contributed by atoms with Crippen LogP contribution in [-0.4, -0.2) is 45.7 Å². The molecule has 2 aliphatic rings. The third kappa shape index (κ3) is 1.06. The van der Waals surface area contributed by atoms with Gasteiger partial charge < -0.3 is 10.6 Å². The van der Waals surface area contributed by atoms with Gasteiger partial charge in [0.2, 0.25) is 5.91 Å². The molecule has 0 aromatic carbocycles. The summed E-state index contributed by atoms with van der Waals surface area (Å²) < 4.78 is 0. The molecule has 2 rings (SSSR count). The van der Waals surface area contributed by atoms with E-state index in [0.29, 0.717) is 24.4 Å². The number of urea groups is 1. The zero-order valence-electron chi connectivity index (χ0n) is 7.01. The minimum Gasteiger partial charge on any atom is -0.368 e. The average molecular weight is 185 g/mol. The van der Waals surface area contributed by atoms with Crippen LogP contribution in [0.1, 0.15) is 12.8 Å². The molecule has 2 atom stereocenters. The van der Waals surface area contributed by atoms with Gasteiger partial charge in [0.1, 0.15) is 6.04 Å². The molecule has 0 aromatic heterocycles. The number of hydrogen-bond acceptors (Lipinski definition) is 3. The van der Waals surface area contributed by atoms with Crippen LogP contribution in [0.4, 0.5) is 4.79 Å². The van der Waals surface area contributed by atoms with Gasteiger partial charge in [0, 0.05) is 6.54 Å². The van der Waals surface area contributed by atoms with Crippen molar-refractivity contribution in [1.29, 1.82) is 0 Å². The Bertz CT molecular complexity index is 268. The van der Waals surface area contributed by atoms with Crippen molar-refractivity contribution >= 4 is 11.9 Å². The lowest BCUT2D eigenvalue weighted by Gasteiger charge is -2.27. The van der Waals surface area contributed by atoms with Crippen molar-refractivity contribution in [3.8, 4) is 0 Å². The molecule has 2 bridgehead atoms. The van der Waals surface area contributed by atoms with E-state index in [1.807, 2.05) is 0 Å². The second-order valence-corrected chi connectivity index (χ2v) is 3.43. The normalized spacial score (nSPS) is 32.5. The zero-order chi connectivity index (χ0) is 9.59. The zero-order valence-corrected chi connectivity index (χ0v) is 7.01. The fraction of sp³-hybridized carbons (Fsp3) is 0.714. The van der Waals surface area contributed by atoms with Crippen LogP contribution in [-0.2, 0) is 4.79 Å². The van der Waals surface area contributed by atoms with E-state index in [0.717, 1.165) is 0 Å². The van der Waals surface area contributed by atoms with E-state index in [1.165, 1.54) is 4.90 Å². The number of amides is 3. The van der Waals surface area contributed by atoms with Crippen LogP contribution < -0.4 is 5.73 Å². The van der Waals surface area contributed by atoms with E-state index < -0.39 is 18.0 Å². The molecule has 0 aromatic rings. The highest BCUT2D eigenvalue weighted by Crippen LogP contribution is 2.27. The molecule has 2 saturated heterocycles. The van der Waals surface area contributed by atoms with Gasteiger partial charge in [-0.05, 0) is 12.8 Å². The fourth-order valence-corrected chi connectivity index (χ4v) is 1.95. The summed E-state index contributed by atoms with van der Waals surface area (Å²) in [5, 5.41) is 9.95. The highest BCUT2D eigenvalue weighted by Gasteiger charge is 2.46. The summed E-state index contributed by atoms with van der Waals surface area (Å²) in [6, 6.07) is -1.21. The first-order chi connectivity index (χ1) is 6.11. The number of carbonyl (C=O) groups excluding carboxylic acids is 2. The van der Waals surface area contributed by atoms with E-state index in [9.17, 15) is 14.8 Å². The molecule has 6 heteroatoms. The van der Waals surface area contributed by atoms with Gasteiger partial charge in [0.25, 0.3) is 0 Å². The molecule has 13 heavy (non-hydrogen) atoms. The first-order valence-corrected chi connectivity index (χ1v) is 4.19. The maximum absolute atomic E-state index is 11.3. The van der Waals surface area contributed by atoms with E-state index >= 15 is 0 Å². The number of nitrogens with zero attached hydrogens (tertiary/aromatic N) is 2. The Morgan fingerprint density at radius 3 is 2.85 bits per heavy atom. The van der Waals surface area contributed by atoms with Gasteiger partial charge in [-0.25, -0.2) is 9.86 Å². The van der Waals surface area contributed by atoms with Crippen molar-refractivity contribution in [2.24, 2.45) is 5.73 Å². The van der Waals surface area contributed by atoms with Crippen molar-refractivity contribution in [2.45, 2.75) is 24.9 Å². The lowest BCUT2D eigenvalue weighted by atomic mass is 10.0. The second kappa shape index (κ2) is 2.59. The van der Waals surface area contributed by atoms with Crippen molar-refractivity contribution in [3.63, 3.8) is 0 Å². The maximum Gasteiger partial charge on any atom is 0.344 e. The molecule has 2 unspecified atom stereocenters. The van der Waals surface area contributed by atoms with Gasteiger partial charge in [-0.15, -0.1) is 0 Å². The molecule has 6 nitrogen and oxygen atoms in total. The van der Waals surface area contributed by atoms with Crippen molar-refractivity contribution in [2.75, 3.05) is 6.54 Å². The van der Waals surface area contributed by atoms with Gasteiger partial charge in [-0.3, -0.25) is 10.0 Å². The van der Waals surface area contributed by atoms with Gasteiger partial charge >= 0.3 is 6.03 Å². The van der Waals surface area contributed by atoms with Crippen LogP contribution in [0, 0.1) is 0 Å². The summed E-state index contributed by atoms with van der Waals surface area (Å²) in [6.07, 6.45) is 1.18. The largest absolute Gasteiger partial charge is 0.368 e. The molecule has 2 heterocycles. The van der Waals surface area contributed by atoms with E-state index in [2.05, 4.69) is 0 Å². The molecule has 72 valence electrons. The molecule has 0 aliphatic carbocycles. The molecule has 0 radical (unpaired) electrons. The summed E-state index contributed by atoms with van der Waals surface area (Å²) >= 11 is 0. The minimum absolute atomic E-state index is 0.164. The predicted octanol–water partition coefficient (Wildman–Crippen LogP) is -0.870. The van der Waals surface area contributed by atoms with Gasteiger partial charge in [0.05, 0.1) is 6.04 Å². The maximum atomic E-state index is 11.3. The highest BCUT2D eigenvalue weighted by atomic mass is 16.5. The molecule has 3 N–H and O–H groups in total. The highest BCUT2D eigenvalue weighted by molar-refractivity contribution is 5.87. The van der Waals surface area contributed by atoms with Crippen molar-refractivity contribution in [3.05, 3.63) is 0 Å². The third-order valence-electron chi connectivity index (χ3n) is 2.67. The van der Waals surface area contributed by atoms with Gasteiger partial charge in [-0.1, -0.05) is 0 Å². The number of primary amides is 1. The van der Waals surface area contributed by atoms with E-state index in [4.69, 9.17) is 5.73 Å². The molecule has 2 fully saturated rings. The first-order valence-electron chi connectivity index (χ1n) is 4.19. The van der Waals surface area contributed by atoms with Crippen LogP contribution in [0.5, 0.6) is 0 Å². The Kier molecular flexibility index (Phi) is 1.66.